The number of methoxy groups -OCH3 is 1. The van der Waals surface area contributed by atoms with E-state index < -0.39 is 18.2 Å². The molecule has 0 radical (unpaired) electrons. The van der Waals surface area contributed by atoms with Gasteiger partial charge in [-0.15, -0.1) is 0 Å². The number of halogens is 1. The first-order chi connectivity index (χ1) is 18.2. The number of carbonyl (C=O) groups is 3. The number of rotatable bonds is 8. The molecule has 0 unspecified atom stereocenters. The lowest BCUT2D eigenvalue weighted by Crippen LogP contribution is -2.40. The minimum absolute atomic E-state index is 0.0181. The monoisotopic (exact) mass is 539 g/mol. The lowest BCUT2D eigenvalue weighted by atomic mass is 10.2. The molecule has 3 aromatic rings. The number of nitrogens with two attached hydrogens (primary N) is 1. The molecule has 198 valence electrons. The quantitative estimate of drug-likeness (QED) is 0.310. The molecule has 1 aliphatic rings. The number of anilines is 3. The molecule has 1 saturated heterocycles. The number of carboxylic acid groups (broad SMARTS) is 1. The van der Waals surface area contributed by atoms with E-state index in [9.17, 15) is 14.4 Å². The molecule has 0 spiro atoms. The summed E-state index contributed by atoms with van der Waals surface area (Å²) in [6.45, 7) is 0.496. The zero-order chi connectivity index (χ0) is 27.2. The molecule has 0 saturated carbocycles. The van der Waals surface area contributed by atoms with Crippen molar-refractivity contribution in [2.75, 3.05) is 30.0 Å². The van der Waals surface area contributed by atoms with Gasteiger partial charge in [-0.25, -0.2) is 14.6 Å². The maximum atomic E-state index is 13.1. The van der Waals surface area contributed by atoms with Crippen molar-refractivity contribution in [2.45, 2.75) is 25.5 Å². The molecule has 0 aliphatic carbocycles. The summed E-state index contributed by atoms with van der Waals surface area (Å²) in [5, 5.41) is 14.8. The number of amides is 3. The van der Waals surface area contributed by atoms with E-state index in [0.717, 1.165) is 6.42 Å². The van der Waals surface area contributed by atoms with Crippen LogP contribution in [-0.2, 0) is 11.2 Å². The summed E-state index contributed by atoms with van der Waals surface area (Å²) < 4.78 is 11.3. The highest BCUT2D eigenvalue weighted by Gasteiger charge is 2.31. The molecule has 12 heteroatoms. The number of nitrogen functional groups attached to an aromatic ring is 1. The molecule has 38 heavy (non-hydrogen) atoms. The van der Waals surface area contributed by atoms with Crippen LogP contribution in [0.4, 0.5) is 21.9 Å². The number of carbonyl (C=O) groups excluding carboxylic acids is 2. The number of pyridine rings is 1. The lowest BCUT2D eigenvalue weighted by molar-refractivity contribution is -0.136. The third-order valence-corrected chi connectivity index (χ3v) is 6.18. The van der Waals surface area contributed by atoms with Crippen LogP contribution >= 0.6 is 11.6 Å². The van der Waals surface area contributed by atoms with Crippen LogP contribution in [0.25, 0.3) is 0 Å². The number of carboxylic acids is 1. The van der Waals surface area contributed by atoms with E-state index in [-0.39, 0.29) is 29.5 Å². The Hall–Kier alpha value is -4.51. The predicted octanol–water partition coefficient (Wildman–Crippen LogP) is 4.24. The number of likely N-dealkylation sites (tertiary alicyclic amines) is 1. The number of ether oxygens (including phenoxy) is 2. The Morgan fingerprint density at radius 3 is 2.61 bits per heavy atom. The van der Waals surface area contributed by atoms with E-state index in [0.29, 0.717) is 40.8 Å². The van der Waals surface area contributed by atoms with Gasteiger partial charge >= 0.3 is 12.0 Å². The van der Waals surface area contributed by atoms with Crippen LogP contribution in [0.5, 0.6) is 11.6 Å². The number of hydrogen-bond donors (Lipinski definition) is 4. The van der Waals surface area contributed by atoms with Crippen molar-refractivity contribution in [1.82, 2.24) is 9.88 Å². The first-order valence-electron chi connectivity index (χ1n) is 11.7. The second kappa shape index (κ2) is 11.7. The van der Waals surface area contributed by atoms with Gasteiger partial charge < -0.3 is 35.8 Å². The zero-order valence-electron chi connectivity index (χ0n) is 20.4. The minimum atomic E-state index is -1.09. The average molecular weight is 540 g/mol. The van der Waals surface area contributed by atoms with Crippen molar-refractivity contribution in [3.8, 4) is 11.6 Å². The van der Waals surface area contributed by atoms with Gasteiger partial charge in [-0.3, -0.25) is 4.79 Å². The molecule has 3 amide bonds. The second-order valence-corrected chi connectivity index (χ2v) is 8.86. The Bertz CT molecular complexity index is 1370. The summed E-state index contributed by atoms with van der Waals surface area (Å²) in [6, 6.07) is 13.7. The van der Waals surface area contributed by atoms with E-state index in [4.69, 9.17) is 31.9 Å². The van der Waals surface area contributed by atoms with E-state index >= 15 is 0 Å². The zero-order valence-corrected chi connectivity index (χ0v) is 21.2. The van der Waals surface area contributed by atoms with E-state index in [1.165, 1.54) is 25.3 Å². The van der Waals surface area contributed by atoms with Crippen molar-refractivity contribution in [3.05, 3.63) is 70.9 Å². The topological polar surface area (TPSA) is 156 Å². The largest absolute Gasteiger partial charge is 0.480 e. The van der Waals surface area contributed by atoms with Gasteiger partial charge in [0.25, 0.3) is 0 Å². The Morgan fingerprint density at radius 1 is 1.13 bits per heavy atom. The fraction of sp³-hybridized carbons (Fsp3) is 0.231. The van der Waals surface area contributed by atoms with E-state index in [1.54, 1.807) is 41.3 Å². The highest BCUT2D eigenvalue weighted by Crippen LogP contribution is 2.29. The number of aromatic nitrogens is 1. The van der Waals surface area contributed by atoms with Gasteiger partial charge in [-0.2, -0.15) is 0 Å². The molecular weight excluding hydrogens is 514 g/mol. The highest BCUT2D eigenvalue weighted by molar-refractivity contribution is 6.33. The van der Waals surface area contributed by atoms with Crippen LogP contribution < -0.4 is 25.8 Å². The molecule has 11 nitrogen and oxygen atoms in total. The van der Waals surface area contributed by atoms with Crippen LogP contribution in [0.15, 0.2) is 54.6 Å². The van der Waals surface area contributed by atoms with Crippen LogP contribution in [0.3, 0.4) is 0 Å². The van der Waals surface area contributed by atoms with Crippen LogP contribution in [-0.4, -0.2) is 52.8 Å². The molecule has 1 aromatic heterocycles. The summed E-state index contributed by atoms with van der Waals surface area (Å²) in [6.07, 6.45) is 0.780. The average Bonchev–Trinajstić information content (AvgIpc) is 3.35. The van der Waals surface area contributed by atoms with Crippen LogP contribution in [0.2, 0.25) is 5.02 Å². The lowest BCUT2D eigenvalue weighted by Gasteiger charge is -2.26. The molecule has 1 fully saturated rings. The molecule has 1 aliphatic heterocycles. The van der Waals surface area contributed by atoms with Gasteiger partial charge in [-0.1, -0.05) is 23.7 Å². The summed E-state index contributed by atoms with van der Waals surface area (Å²) in [5.41, 5.74) is 7.39. The maximum absolute atomic E-state index is 13.1. The number of para-hydroxylation sites is 1. The normalized spacial score (nSPS) is 14.6. The Morgan fingerprint density at radius 2 is 1.89 bits per heavy atom. The number of benzene rings is 2. The Kier molecular flexibility index (Phi) is 8.17. The van der Waals surface area contributed by atoms with Crippen LogP contribution in [0, 0.1) is 0 Å². The van der Waals surface area contributed by atoms with Gasteiger partial charge in [0.15, 0.2) is 6.23 Å². The third-order valence-electron chi connectivity index (χ3n) is 5.85. The van der Waals surface area contributed by atoms with Crippen molar-refractivity contribution < 1.29 is 29.0 Å². The number of aromatic carboxylic acids is 1. The molecular formula is C26H26ClN5O6. The summed E-state index contributed by atoms with van der Waals surface area (Å²) in [5.74, 6) is -0.846. The van der Waals surface area contributed by atoms with Crippen molar-refractivity contribution in [1.29, 1.82) is 0 Å². The van der Waals surface area contributed by atoms with Crippen molar-refractivity contribution >= 4 is 46.6 Å². The van der Waals surface area contributed by atoms with Crippen LogP contribution in [0.1, 0.15) is 28.9 Å². The number of nitrogens with zero attached hydrogens (tertiary/aromatic N) is 2. The van der Waals surface area contributed by atoms with Gasteiger partial charge in [-0.05, 0) is 48.9 Å². The van der Waals surface area contributed by atoms with Crippen molar-refractivity contribution in [2.24, 2.45) is 0 Å². The van der Waals surface area contributed by atoms with Gasteiger partial charge in [0.2, 0.25) is 11.8 Å². The predicted molar refractivity (Wildman–Crippen MR) is 142 cm³/mol. The van der Waals surface area contributed by atoms with Gasteiger partial charge in [0.05, 0.1) is 41.2 Å². The minimum Gasteiger partial charge on any atom is -0.480 e. The van der Waals surface area contributed by atoms with Gasteiger partial charge in [0.1, 0.15) is 11.4 Å². The van der Waals surface area contributed by atoms with E-state index in [2.05, 4.69) is 15.6 Å². The van der Waals surface area contributed by atoms with Crippen molar-refractivity contribution in [3.63, 3.8) is 0 Å². The summed E-state index contributed by atoms with van der Waals surface area (Å²) >= 11 is 6.08. The van der Waals surface area contributed by atoms with Gasteiger partial charge in [0, 0.05) is 13.0 Å². The highest BCUT2D eigenvalue weighted by atomic mass is 35.5. The number of urea groups is 1. The standard InChI is InChI=1S/C26H26ClN5O6/c1-37-24-20(31-26(36)30-19-6-3-2-5-17(19)27)10-9-16(29-24)14-22(33)32-12-4-7-23(32)38-21-11-8-15(25(34)35)13-18(21)28/h2-3,5-6,8-11,13,23H,4,7,12,14,28H2,1H3,(H,34,35)(H2,30,31,36)/t23-/m1/s1. The Balaban J connectivity index is 1.40. The molecule has 4 rings (SSSR count). The Labute approximate surface area is 223 Å². The first kappa shape index (κ1) is 26.6. The summed E-state index contributed by atoms with van der Waals surface area (Å²) in [7, 11) is 1.41. The number of nitrogens with one attached hydrogen (secondary N) is 2. The molecule has 0 bridgehead atoms. The molecule has 5 N–H and O–H groups in total. The summed E-state index contributed by atoms with van der Waals surface area (Å²) in [4.78, 5) is 42.6. The van der Waals surface area contributed by atoms with E-state index in [1.807, 2.05) is 0 Å². The smallest absolute Gasteiger partial charge is 0.335 e. The number of hydrogen-bond acceptors (Lipinski definition) is 7. The SMILES string of the molecule is COc1nc(CC(=O)N2CCC[C@H]2Oc2ccc(C(=O)O)cc2N)ccc1NC(=O)Nc1ccccc1Cl. The second-order valence-electron chi connectivity index (χ2n) is 8.45. The first-order valence-corrected chi connectivity index (χ1v) is 12.1. The fourth-order valence-corrected chi connectivity index (χ4v) is 4.19. The maximum Gasteiger partial charge on any atom is 0.335 e. The fourth-order valence-electron chi connectivity index (χ4n) is 4.00. The third kappa shape index (κ3) is 6.24. The molecule has 2 heterocycles. The molecule has 2 aromatic carbocycles. The molecule has 1 atom stereocenters.